The van der Waals surface area contributed by atoms with Crippen molar-refractivity contribution < 1.29 is 54.9 Å². The zero-order valence-corrected chi connectivity index (χ0v) is 6.49. The van der Waals surface area contributed by atoms with E-state index >= 15 is 0 Å². The number of rotatable bonds is 1. The minimum atomic E-state index is -2.28. The minimum Gasteiger partial charge on any atom is -1.00 e. The van der Waals surface area contributed by atoms with E-state index in [1.165, 1.54) is 0 Å². The van der Waals surface area contributed by atoms with E-state index in [1.54, 1.807) is 0 Å². The van der Waals surface area contributed by atoms with E-state index in [0.29, 0.717) is 0 Å². The van der Waals surface area contributed by atoms with E-state index < -0.39 is 10.8 Å². The van der Waals surface area contributed by atoms with Crippen LogP contribution in [-0.4, -0.2) is 0 Å². The molecular weight excluding hydrogens is 142 g/mol. The van der Waals surface area contributed by atoms with Crippen LogP contribution in [0, 0.1) is 10.8 Å². The van der Waals surface area contributed by atoms with Gasteiger partial charge in [0.2, 0.25) is 0 Å². The van der Waals surface area contributed by atoms with Gasteiger partial charge in [0.25, 0.3) is 0 Å². The fourth-order valence-corrected chi connectivity index (χ4v) is 0. The second-order valence-electron chi connectivity index (χ2n) is 0.247. The molecule has 0 rings (SSSR count). The Bertz CT molecular complexity index is 26.9. The van der Waals surface area contributed by atoms with Gasteiger partial charge in [0, 0.05) is 0 Å². The molecule has 0 aliphatic rings. The van der Waals surface area contributed by atoms with Gasteiger partial charge in [-0.05, 0) is 0 Å². The molecule has 34 valence electrons. The molecule has 0 unspecified atom stereocenters. The van der Waals surface area contributed by atoms with Crippen molar-refractivity contribution in [2.75, 3.05) is 0 Å². The molecule has 0 aromatic heterocycles. The van der Waals surface area contributed by atoms with Crippen LogP contribution in [-0.2, 0) is 3.84 Å². The molecule has 0 amide bonds. The van der Waals surface area contributed by atoms with Crippen LogP contribution in [0.15, 0.2) is 0 Å². The normalized spacial score (nSPS) is 8.00. The molecule has 0 fully saturated rings. The third-order valence-corrected chi connectivity index (χ3v) is 0.429. The Morgan fingerprint density at radius 1 is 1.67 bits per heavy atom. The summed E-state index contributed by atoms with van der Waals surface area (Å²) >= 11 is 4.21. The van der Waals surface area contributed by atoms with Crippen LogP contribution in [0.4, 0.5) is 0 Å². The first-order valence-corrected chi connectivity index (χ1v) is 1.85. The summed E-state index contributed by atoms with van der Waals surface area (Å²) in [5.41, 5.74) is 0. The van der Waals surface area contributed by atoms with Crippen molar-refractivity contribution in [1.82, 2.24) is 0 Å². The summed E-state index contributed by atoms with van der Waals surface area (Å²) in [6, 6.07) is 0. The van der Waals surface area contributed by atoms with Gasteiger partial charge in [0.1, 0.15) is 3.84 Å². The second kappa shape index (κ2) is 6.46. The fraction of sp³-hybridized carbons (Fsp3) is 0. The molecular formula is HCl2NaO3. The van der Waals surface area contributed by atoms with Gasteiger partial charge in [-0.3, -0.25) is 0 Å². The first kappa shape index (κ1) is 10.4. The molecule has 0 atom stereocenters. The van der Waals surface area contributed by atoms with Gasteiger partial charge < -0.3 is 10.7 Å². The van der Waals surface area contributed by atoms with Crippen LogP contribution < -0.4 is 38.9 Å². The van der Waals surface area contributed by atoms with E-state index in [2.05, 4.69) is 15.7 Å². The summed E-state index contributed by atoms with van der Waals surface area (Å²) in [7, 11) is -2.28. The molecule has 0 aliphatic heterocycles. The van der Waals surface area contributed by atoms with Crippen LogP contribution in [0.5, 0.6) is 0 Å². The number of halogens is 2. The molecule has 0 saturated heterocycles. The van der Waals surface area contributed by atoms with Crippen molar-refractivity contribution in [2.45, 2.75) is 0 Å². The van der Waals surface area contributed by atoms with Crippen LogP contribution in [0.3, 0.4) is 0 Å². The molecule has 6 heavy (non-hydrogen) atoms. The van der Waals surface area contributed by atoms with Crippen LogP contribution in [0.1, 0.15) is 1.43 Å². The Labute approximate surface area is 66.6 Å². The predicted molar refractivity (Wildman–Crippen MR) is 8.05 cm³/mol. The van der Waals surface area contributed by atoms with Gasteiger partial charge in [-0.2, -0.15) is 0 Å². The van der Waals surface area contributed by atoms with Crippen LogP contribution >= 0.6 is 11.9 Å². The quantitative estimate of drug-likeness (QED) is 0.347. The van der Waals surface area contributed by atoms with Gasteiger partial charge in [0.05, 0.1) is 0 Å². The molecule has 0 spiro atoms. The maximum absolute atomic E-state index is 8.98. The van der Waals surface area contributed by atoms with E-state index in [0.717, 1.165) is 0 Å². The molecule has 0 aromatic rings. The van der Waals surface area contributed by atoms with Crippen molar-refractivity contribution in [1.29, 1.82) is 0 Å². The van der Waals surface area contributed by atoms with Gasteiger partial charge in [-0.25, -0.2) is 0 Å². The molecule has 0 radical (unpaired) electrons. The molecule has 3 nitrogen and oxygen atoms in total. The minimum absolute atomic E-state index is 0. The zero-order valence-electron chi connectivity index (χ0n) is 3.98. The zero-order chi connectivity index (χ0) is 4.28. The summed E-state index contributed by atoms with van der Waals surface area (Å²) in [5, 5.41) is 0. The molecule has 6 heteroatoms. The van der Waals surface area contributed by atoms with Gasteiger partial charge in [0.15, 0.2) is 11.9 Å². The van der Waals surface area contributed by atoms with E-state index in [4.69, 9.17) is 9.32 Å². The van der Waals surface area contributed by atoms with Crippen molar-refractivity contribution in [3.05, 3.63) is 0 Å². The van der Waals surface area contributed by atoms with E-state index in [1.807, 2.05) is 0 Å². The van der Waals surface area contributed by atoms with E-state index in [9.17, 15) is 0 Å². The van der Waals surface area contributed by atoms with Gasteiger partial charge in [-0.15, -0.1) is 0 Å². The topological polar surface area (TPSA) is 55.3 Å². The smallest absolute Gasteiger partial charge is 1.00 e. The van der Waals surface area contributed by atoms with Crippen molar-refractivity contribution >= 4 is 11.9 Å². The molecule has 0 bridgehead atoms. The van der Waals surface area contributed by atoms with Crippen molar-refractivity contribution in [3.63, 3.8) is 0 Å². The largest absolute Gasteiger partial charge is 1.00 e. The van der Waals surface area contributed by atoms with Gasteiger partial charge >= 0.3 is 40.3 Å². The first-order valence-electron chi connectivity index (χ1n) is 0.617. The summed E-state index contributed by atoms with van der Waals surface area (Å²) in [6.07, 6.45) is 0. The SMILES string of the molecule is [H-].[Na+].[O-][Cl+2]([O-])OCl. The summed E-state index contributed by atoms with van der Waals surface area (Å²) < 4.78 is 21.1. The monoisotopic (exact) mass is 142 g/mol. The van der Waals surface area contributed by atoms with Crippen LogP contribution in [0.25, 0.3) is 0 Å². The van der Waals surface area contributed by atoms with E-state index in [-0.39, 0.29) is 31.0 Å². The summed E-state index contributed by atoms with van der Waals surface area (Å²) in [5.74, 6) is 0. The molecule has 0 aromatic carbocycles. The predicted octanol–water partition coefficient (Wildman–Crippen LogP) is -4.64. The number of hydrogen-bond acceptors (Lipinski definition) is 3. The maximum Gasteiger partial charge on any atom is 1.00 e. The molecule has 0 saturated carbocycles. The van der Waals surface area contributed by atoms with Gasteiger partial charge in [-0.1, -0.05) is 0 Å². The molecule has 0 aliphatic carbocycles. The third kappa shape index (κ3) is 9.07. The summed E-state index contributed by atoms with van der Waals surface area (Å²) in [4.78, 5) is 0. The Hall–Kier alpha value is 1.46. The van der Waals surface area contributed by atoms with Crippen molar-refractivity contribution in [3.8, 4) is 0 Å². The second-order valence-corrected chi connectivity index (χ2v) is 1.09. The Morgan fingerprint density at radius 2 is 1.83 bits per heavy atom. The fourth-order valence-electron chi connectivity index (χ4n) is 0. The van der Waals surface area contributed by atoms with Crippen LogP contribution in [0.2, 0.25) is 0 Å². The average Bonchev–Trinajstić information content (AvgIpc) is 1.38. The Balaban J connectivity index is -0.0000000800. The third-order valence-electron chi connectivity index (χ3n) is 0.0476. The first-order chi connectivity index (χ1) is 2.27. The summed E-state index contributed by atoms with van der Waals surface area (Å²) in [6.45, 7) is 0. The Morgan fingerprint density at radius 3 is 1.83 bits per heavy atom. The standard InChI is InChI=1S/Cl2O3.Na.H/c1-5-2(3)4;;/q;+1;-1. The average molecular weight is 143 g/mol. The maximum atomic E-state index is 8.98. The molecule has 0 heterocycles. The van der Waals surface area contributed by atoms with Crippen molar-refractivity contribution in [2.24, 2.45) is 0 Å². The Kier molecular flexibility index (Phi) is 11.2. The number of hydrogen-bond donors (Lipinski definition) is 0. The molecule has 0 N–H and O–H groups in total.